The van der Waals surface area contributed by atoms with Crippen LogP contribution in [-0.2, 0) is 6.54 Å². The van der Waals surface area contributed by atoms with Crippen molar-refractivity contribution in [1.82, 2.24) is 24.8 Å². The summed E-state index contributed by atoms with van der Waals surface area (Å²) in [7, 11) is 0. The van der Waals surface area contributed by atoms with Crippen LogP contribution >= 0.6 is 0 Å². The molecule has 1 aliphatic rings. The highest BCUT2D eigenvalue weighted by molar-refractivity contribution is 5.97. The van der Waals surface area contributed by atoms with Crippen molar-refractivity contribution in [3.63, 3.8) is 0 Å². The van der Waals surface area contributed by atoms with Crippen molar-refractivity contribution in [2.24, 2.45) is 0 Å². The van der Waals surface area contributed by atoms with Crippen LogP contribution in [0, 0.1) is 0 Å². The van der Waals surface area contributed by atoms with Gasteiger partial charge >= 0.3 is 0 Å². The standard InChI is InChI=1S/C20H23N5O/c1-2-23-10-12-24(13-11-23)20(26)17-8-9-19-18(14-17)21-22-25(19)15-16-6-4-3-5-7-16/h3-9,14H,2,10-13,15H2,1H3. The smallest absolute Gasteiger partial charge is 0.254 e. The van der Waals surface area contributed by atoms with Crippen molar-refractivity contribution in [2.75, 3.05) is 32.7 Å². The highest BCUT2D eigenvalue weighted by atomic mass is 16.2. The van der Waals surface area contributed by atoms with Gasteiger partial charge in [0.2, 0.25) is 0 Å². The average Bonchev–Trinajstić information content (AvgIpc) is 3.10. The fourth-order valence-corrected chi connectivity index (χ4v) is 3.43. The first-order chi connectivity index (χ1) is 12.7. The molecule has 0 saturated carbocycles. The molecule has 26 heavy (non-hydrogen) atoms. The zero-order chi connectivity index (χ0) is 17.9. The van der Waals surface area contributed by atoms with Gasteiger partial charge in [-0.25, -0.2) is 4.68 Å². The lowest BCUT2D eigenvalue weighted by Gasteiger charge is -2.34. The minimum atomic E-state index is 0.0836. The summed E-state index contributed by atoms with van der Waals surface area (Å²) in [6.07, 6.45) is 0. The van der Waals surface area contributed by atoms with Crippen molar-refractivity contribution < 1.29 is 4.79 Å². The largest absolute Gasteiger partial charge is 0.336 e. The number of piperazine rings is 1. The van der Waals surface area contributed by atoms with Crippen LogP contribution < -0.4 is 0 Å². The van der Waals surface area contributed by atoms with Crippen LogP contribution in [-0.4, -0.2) is 63.4 Å². The molecular weight excluding hydrogens is 326 g/mol. The minimum absolute atomic E-state index is 0.0836. The zero-order valence-corrected chi connectivity index (χ0v) is 15.0. The molecule has 1 aromatic heterocycles. The van der Waals surface area contributed by atoms with Gasteiger partial charge < -0.3 is 9.80 Å². The van der Waals surface area contributed by atoms with Gasteiger partial charge in [-0.15, -0.1) is 5.10 Å². The SMILES string of the molecule is CCN1CCN(C(=O)c2ccc3c(c2)nnn3Cc2ccccc2)CC1. The van der Waals surface area contributed by atoms with Crippen molar-refractivity contribution in [3.05, 3.63) is 59.7 Å². The summed E-state index contributed by atoms with van der Waals surface area (Å²) in [6.45, 7) is 7.32. The maximum Gasteiger partial charge on any atom is 0.254 e. The molecule has 0 bridgehead atoms. The normalized spacial score (nSPS) is 15.5. The van der Waals surface area contributed by atoms with Crippen LogP contribution in [0.1, 0.15) is 22.8 Å². The van der Waals surface area contributed by atoms with Gasteiger partial charge in [0, 0.05) is 31.7 Å². The van der Waals surface area contributed by atoms with E-state index in [0.29, 0.717) is 12.1 Å². The molecule has 134 valence electrons. The lowest BCUT2D eigenvalue weighted by molar-refractivity contribution is 0.0643. The predicted octanol–water partition coefficient (Wildman–Crippen LogP) is 2.26. The monoisotopic (exact) mass is 349 g/mol. The fraction of sp³-hybridized carbons (Fsp3) is 0.350. The first-order valence-electron chi connectivity index (χ1n) is 9.13. The van der Waals surface area contributed by atoms with Crippen molar-refractivity contribution in [2.45, 2.75) is 13.5 Å². The third-order valence-corrected chi connectivity index (χ3v) is 5.04. The van der Waals surface area contributed by atoms with Gasteiger partial charge in [0.05, 0.1) is 12.1 Å². The molecule has 0 aliphatic carbocycles. The number of carbonyl (C=O) groups is 1. The molecule has 3 aromatic rings. The second-order valence-corrected chi connectivity index (χ2v) is 6.66. The molecule has 1 amide bonds. The van der Waals surface area contributed by atoms with E-state index in [2.05, 4.69) is 34.3 Å². The Morgan fingerprint density at radius 3 is 2.54 bits per heavy atom. The van der Waals surface area contributed by atoms with Crippen LogP contribution in [0.3, 0.4) is 0 Å². The first-order valence-corrected chi connectivity index (χ1v) is 9.13. The molecule has 2 aromatic carbocycles. The summed E-state index contributed by atoms with van der Waals surface area (Å²) in [4.78, 5) is 17.1. The quantitative estimate of drug-likeness (QED) is 0.725. The molecular formula is C20H23N5O. The number of benzene rings is 2. The Kier molecular flexibility index (Phi) is 4.67. The molecule has 0 radical (unpaired) electrons. The maximum atomic E-state index is 12.8. The Bertz CT molecular complexity index is 897. The number of carbonyl (C=O) groups excluding carboxylic acids is 1. The van der Waals surface area contributed by atoms with Crippen LogP contribution in [0.2, 0.25) is 0 Å². The van der Waals surface area contributed by atoms with Crippen LogP contribution in [0.15, 0.2) is 48.5 Å². The molecule has 1 fully saturated rings. The highest BCUT2D eigenvalue weighted by Crippen LogP contribution is 2.17. The van der Waals surface area contributed by atoms with Gasteiger partial charge in [-0.1, -0.05) is 42.5 Å². The predicted molar refractivity (Wildman–Crippen MR) is 101 cm³/mol. The topological polar surface area (TPSA) is 54.3 Å². The van der Waals surface area contributed by atoms with E-state index in [0.717, 1.165) is 43.8 Å². The van der Waals surface area contributed by atoms with E-state index in [-0.39, 0.29) is 5.91 Å². The molecule has 1 aliphatic heterocycles. The fourth-order valence-electron chi connectivity index (χ4n) is 3.43. The molecule has 6 heteroatoms. The summed E-state index contributed by atoms with van der Waals surface area (Å²) >= 11 is 0. The maximum absolute atomic E-state index is 12.8. The van der Waals surface area contributed by atoms with E-state index in [4.69, 9.17) is 0 Å². The minimum Gasteiger partial charge on any atom is -0.336 e. The van der Waals surface area contributed by atoms with Crippen molar-refractivity contribution in [1.29, 1.82) is 0 Å². The van der Waals surface area contributed by atoms with Crippen molar-refractivity contribution >= 4 is 16.9 Å². The number of aromatic nitrogens is 3. The van der Waals surface area contributed by atoms with Gasteiger partial charge in [-0.2, -0.15) is 0 Å². The van der Waals surface area contributed by atoms with Crippen LogP contribution in [0.5, 0.6) is 0 Å². The molecule has 6 nitrogen and oxygen atoms in total. The number of amides is 1. The Morgan fingerprint density at radius 1 is 1.04 bits per heavy atom. The second kappa shape index (κ2) is 7.25. The van der Waals surface area contributed by atoms with E-state index in [1.807, 2.05) is 46.0 Å². The zero-order valence-electron chi connectivity index (χ0n) is 15.0. The number of nitrogens with zero attached hydrogens (tertiary/aromatic N) is 5. The summed E-state index contributed by atoms with van der Waals surface area (Å²) in [6, 6.07) is 15.9. The Hall–Kier alpha value is -2.73. The Morgan fingerprint density at radius 2 is 1.81 bits per heavy atom. The number of rotatable bonds is 4. The number of fused-ring (bicyclic) bond motifs is 1. The van der Waals surface area contributed by atoms with Gasteiger partial charge in [0.15, 0.2) is 0 Å². The average molecular weight is 349 g/mol. The first kappa shape index (κ1) is 16.7. The molecule has 4 rings (SSSR count). The molecule has 0 N–H and O–H groups in total. The van der Waals surface area contributed by atoms with Gasteiger partial charge in [0.1, 0.15) is 5.52 Å². The lowest BCUT2D eigenvalue weighted by atomic mass is 10.1. The highest BCUT2D eigenvalue weighted by Gasteiger charge is 2.22. The lowest BCUT2D eigenvalue weighted by Crippen LogP contribution is -2.48. The summed E-state index contributed by atoms with van der Waals surface area (Å²) < 4.78 is 1.87. The second-order valence-electron chi connectivity index (χ2n) is 6.66. The van der Waals surface area contributed by atoms with E-state index < -0.39 is 0 Å². The molecule has 1 saturated heterocycles. The van der Waals surface area contributed by atoms with E-state index in [1.54, 1.807) is 0 Å². The van der Waals surface area contributed by atoms with Gasteiger partial charge in [0.25, 0.3) is 5.91 Å². The third-order valence-electron chi connectivity index (χ3n) is 5.04. The molecule has 0 spiro atoms. The Balaban J connectivity index is 1.52. The molecule has 2 heterocycles. The molecule has 0 atom stereocenters. The van der Waals surface area contributed by atoms with Crippen molar-refractivity contribution in [3.8, 4) is 0 Å². The van der Waals surface area contributed by atoms with Gasteiger partial charge in [-0.3, -0.25) is 4.79 Å². The molecule has 0 unspecified atom stereocenters. The Labute approximate surface area is 153 Å². The van der Waals surface area contributed by atoms with Crippen LogP contribution in [0.4, 0.5) is 0 Å². The van der Waals surface area contributed by atoms with E-state index in [9.17, 15) is 4.79 Å². The summed E-state index contributed by atoms with van der Waals surface area (Å²) in [5, 5.41) is 8.52. The number of likely N-dealkylation sites (N-methyl/N-ethyl adjacent to an activating group) is 1. The number of hydrogen-bond donors (Lipinski definition) is 0. The van der Waals surface area contributed by atoms with E-state index in [1.165, 1.54) is 5.56 Å². The third kappa shape index (κ3) is 3.32. The van der Waals surface area contributed by atoms with Gasteiger partial charge in [-0.05, 0) is 30.3 Å². The number of hydrogen-bond acceptors (Lipinski definition) is 4. The van der Waals surface area contributed by atoms with Crippen LogP contribution in [0.25, 0.3) is 11.0 Å². The summed E-state index contributed by atoms with van der Waals surface area (Å²) in [5.41, 5.74) is 3.57. The summed E-state index contributed by atoms with van der Waals surface area (Å²) in [5.74, 6) is 0.0836. The van der Waals surface area contributed by atoms with E-state index >= 15 is 0 Å².